The standard InChI is InChI=1S/C18H23N3O/c1-13(2)21(17-6-7-18(22)20(3)12-17)16-5-4-14-8-9-19-11-15(14)10-16/h4-7,10,12-13,19H,8-9,11H2,1-3H3. The van der Waals surface area contributed by atoms with E-state index >= 15 is 0 Å². The zero-order valence-electron chi connectivity index (χ0n) is 13.5. The fourth-order valence-electron chi connectivity index (χ4n) is 3.08. The Kier molecular flexibility index (Phi) is 4.03. The van der Waals surface area contributed by atoms with Crippen molar-refractivity contribution in [3.63, 3.8) is 0 Å². The van der Waals surface area contributed by atoms with E-state index in [1.165, 1.54) is 16.8 Å². The molecule has 0 aliphatic carbocycles. The van der Waals surface area contributed by atoms with Crippen molar-refractivity contribution in [2.75, 3.05) is 11.4 Å². The largest absolute Gasteiger partial charge is 0.338 e. The fourth-order valence-corrected chi connectivity index (χ4v) is 3.08. The number of nitrogens with zero attached hydrogens (tertiary/aromatic N) is 2. The summed E-state index contributed by atoms with van der Waals surface area (Å²) in [6.07, 6.45) is 3.00. The molecule has 0 fully saturated rings. The van der Waals surface area contributed by atoms with Crippen LogP contribution in [0.3, 0.4) is 0 Å². The summed E-state index contributed by atoms with van der Waals surface area (Å²) < 4.78 is 1.63. The Hall–Kier alpha value is -2.07. The molecule has 0 saturated carbocycles. The lowest BCUT2D eigenvalue weighted by Crippen LogP contribution is -2.28. The lowest BCUT2D eigenvalue weighted by atomic mass is 9.99. The van der Waals surface area contributed by atoms with Gasteiger partial charge in [0, 0.05) is 37.6 Å². The Labute approximate surface area is 131 Å². The van der Waals surface area contributed by atoms with Crippen LogP contribution in [0.15, 0.2) is 41.3 Å². The number of hydrogen-bond donors (Lipinski definition) is 1. The maximum Gasteiger partial charge on any atom is 0.250 e. The highest BCUT2D eigenvalue weighted by atomic mass is 16.1. The van der Waals surface area contributed by atoms with Gasteiger partial charge < -0.3 is 14.8 Å². The fraction of sp³-hybridized carbons (Fsp3) is 0.389. The van der Waals surface area contributed by atoms with Crippen molar-refractivity contribution >= 4 is 11.4 Å². The van der Waals surface area contributed by atoms with Gasteiger partial charge in [0.25, 0.3) is 0 Å². The molecular weight excluding hydrogens is 274 g/mol. The van der Waals surface area contributed by atoms with Gasteiger partial charge in [-0.1, -0.05) is 6.07 Å². The summed E-state index contributed by atoms with van der Waals surface area (Å²) in [5.74, 6) is 0. The molecule has 0 radical (unpaired) electrons. The van der Waals surface area contributed by atoms with E-state index in [1.807, 2.05) is 12.3 Å². The Balaban J connectivity index is 2.04. The number of anilines is 2. The number of aryl methyl sites for hydroxylation is 1. The summed E-state index contributed by atoms with van der Waals surface area (Å²) in [6.45, 7) is 6.33. The average molecular weight is 297 g/mol. The highest BCUT2D eigenvalue weighted by Gasteiger charge is 2.16. The molecule has 0 amide bonds. The zero-order valence-corrected chi connectivity index (χ0v) is 13.5. The van der Waals surface area contributed by atoms with E-state index in [2.05, 4.69) is 42.3 Å². The molecule has 1 N–H and O–H groups in total. The van der Waals surface area contributed by atoms with Gasteiger partial charge in [0.05, 0.1) is 5.69 Å². The maximum absolute atomic E-state index is 11.6. The van der Waals surface area contributed by atoms with Gasteiger partial charge in [-0.25, -0.2) is 0 Å². The molecule has 0 spiro atoms. The molecule has 2 heterocycles. The van der Waals surface area contributed by atoms with Gasteiger partial charge in [-0.15, -0.1) is 0 Å². The number of aromatic nitrogens is 1. The first-order chi connectivity index (χ1) is 10.6. The minimum Gasteiger partial charge on any atom is -0.338 e. The SMILES string of the molecule is CC(C)N(c1ccc2c(c1)CNCC2)c1ccc(=O)n(C)c1. The second kappa shape index (κ2) is 5.97. The van der Waals surface area contributed by atoms with E-state index in [1.54, 1.807) is 17.7 Å². The Morgan fingerprint density at radius 2 is 1.91 bits per heavy atom. The van der Waals surface area contributed by atoms with E-state index in [4.69, 9.17) is 0 Å². The lowest BCUT2D eigenvalue weighted by molar-refractivity contribution is 0.643. The highest BCUT2D eigenvalue weighted by molar-refractivity contribution is 5.64. The van der Waals surface area contributed by atoms with Crippen molar-refractivity contribution in [3.05, 3.63) is 58.0 Å². The van der Waals surface area contributed by atoms with Crippen molar-refractivity contribution in [2.45, 2.75) is 32.9 Å². The van der Waals surface area contributed by atoms with E-state index in [-0.39, 0.29) is 5.56 Å². The molecule has 1 aromatic heterocycles. The molecule has 116 valence electrons. The molecule has 1 aromatic carbocycles. The normalized spacial score (nSPS) is 14.0. The summed E-state index contributed by atoms with van der Waals surface area (Å²) in [4.78, 5) is 13.9. The molecule has 0 saturated heterocycles. The molecule has 1 aliphatic rings. The Morgan fingerprint density at radius 1 is 1.14 bits per heavy atom. The van der Waals surface area contributed by atoms with Gasteiger partial charge >= 0.3 is 0 Å². The van der Waals surface area contributed by atoms with Crippen LogP contribution in [0.5, 0.6) is 0 Å². The van der Waals surface area contributed by atoms with E-state index in [9.17, 15) is 4.79 Å². The van der Waals surface area contributed by atoms with Gasteiger partial charge in [-0.05, 0) is 56.1 Å². The van der Waals surface area contributed by atoms with Gasteiger partial charge in [0.15, 0.2) is 0 Å². The molecule has 2 aromatic rings. The van der Waals surface area contributed by atoms with Crippen LogP contribution in [0, 0.1) is 0 Å². The van der Waals surface area contributed by atoms with Gasteiger partial charge in [-0.2, -0.15) is 0 Å². The first-order valence-electron chi connectivity index (χ1n) is 7.84. The third-order valence-corrected chi connectivity index (χ3v) is 4.22. The predicted molar refractivity (Wildman–Crippen MR) is 90.8 cm³/mol. The third-order valence-electron chi connectivity index (χ3n) is 4.22. The van der Waals surface area contributed by atoms with Crippen LogP contribution >= 0.6 is 0 Å². The van der Waals surface area contributed by atoms with Crippen LogP contribution in [-0.2, 0) is 20.0 Å². The number of benzene rings is 1. The van der Waals surface area contributed by atoms with Gasteiger partial charge in [0.2, 0.25) is 5.56 Å². The van der Waals surface area contributed by atoms with Crippen molar-refractivity contribution in [1.29, 1.82) is 0 Å². The molecule has 0 atom stereocenters. The van der Waals surface area contributed by atoms with E-state index in [0.717, 1.165) is 25.2 Å². The van der Waals surface area contributed by atoms with Crippen molar-refractivity contribution in [1.82, 2.24) is 9.88 Å². The summed E-state index contributed by atoms with van der Waals surface area (Å²) in [5, 5.41) is 3.43. The van der Waals surface area contributed by atoms with Crippen molar-refractivity contribution in [3.8, 4) is 0 Å². The first kappa shape index (κ1) is 14.9. The van der Waals surface area contributed by atoms with Crippen molar-refractivity contribution < 1.29 is 0 Å². The molecular formula is C18H23N3O. The Morgan fingerprint density at radius 3 is 2.64 bits per heavy atom. The second-order valence-electron chi connectivity index (χ2n) is 6.18. The minimum absolute atomic E-state index is 0.0158. The molecule has 1 aliphatic heterocycles. The summed E-state index contributed by atoms with van der Waals surface area (Å²) in [6, 6.07) is 10.5. The molecule has 3 rings (SSSR count). The second-order valence-corrected chi connectivity index (χ2v) is 6.18. The first-order valence-corrected chi connectivity index (χ1v) is 7.84. The monoisotopic (exact) mass is 297 g/mol. The molecule has 0 bridgehead atoms. The van der Waals surface area contributed by atoms with Crippen LogP contribution < -0.4 is 15.8 Å². The maximum atomic E-state index is 11.6. The van der Waals surface area contributed by atoms with Crippen LogP contribution in [0.4, 0.5) is 11.4 Å². The van der Waals surface area contributed by atoms with Crippen LogP contribution in [0.25, 0.3) is 0 Å². The summed E-state index contributed by atoms with van der Waals surface area (Å²) in [5.41, 5.74) is 5.05. The van der Waals surface area contributed by atoms with E-state index < -0.39 is 0 Å². The van der Waals surface area contributed by atoms with Gasteiger partial charge in [-0.3, -0.25) is 4.79 Å². The number of nitrogens with one attached hydrogen (secondary N) is 1. The van der Waals surface area contributed by atoms with E-state index in [0.29, 0.717) is 6.04 Å². The van der Waals surface area contributed by atoms with Gasteiger partial charge in [0.1, 0.15) is 0 Å². The minimum atomic E-state index is 0.0158. The highest BCUT2D eigenvalue weighted by Crippen LogP contribution is 2.29. The summed E-state index contributed by atoms with van der Waals surface area (Å²) in [7, 11) is 1.79. The predicted octanol–water partition coefficient (Wildman–Crippen LogP) is 2.58. The molecule has 4 heteroatoms. The Bertz CT molecular complexity index is 733. The summed E-state index contributed by atoms with van der Waals surface area (Å²) >= 11 is 0. The number of pyridine rings is 1. The molecule has 0 unspecified atom stereocenters. The van der Waals surface area contributed by atoms with Crippen LogP contribution in [0.1, 0.15) is 25.0 Å². The topological polar surface area (TPSA) is 37.3 Å². The van der Waals surface area contributed by atoms with Crippen LogP contribution in [-0.4, -0.2) is 17.2 Å². The third kappa shape index (κ3) is 2.79. The number of fused-ring (bicyclic) bond motifs is 1. The molecule has 22 heavy (non-hydrogen) atoms. The smallest absolute Gasteiger partial charge is 0.250 e. The lowest BCUT2D eigenvalue weighted by Gasteiger charge is -2.30. The quantitative estimate of drug-likeness (QED) is 0.946. The molecule has 4 nitrogen and oxygen atoms in total. The van der Waals surface area contributed by atoms with Crippen LogP contribution in [0.2, 0.25) is 0 Å². The zero-order chi connectivity index (χ0) is 15.7. The number of rotatable bonds is 3. The van der Waals surface area contributed by atoms with Crippen molar-refractivity contribution in [2.24, 2.45) is 7.05 Å². The number of hydrogen-bond acceptors (Lipinski definition) is 3. The average Bonchev–Trinajstić information content (AvgIpc) is 2.50.